The normalized spacial score (nSPS) is 26.2. The Kier molecular flexibility index (Phi) is 1.96. The minimum Gasteiger partial charge on any atom is -0.327 e. The molecular formula is C11H13N. The summed E-state index contributed by atoms with van der Waals surface area (Å²) >= 11 is 0. The maximum atomic E-state index is 5.57. The fourth-order valence-corrected chi connectivity index (χ4v) is 1.66. The van der Waals surface area contributed by atoms with Gasteiger partial charge in [-0.25, -0.2) is 0 Å². The monoisotopic (exact) mass is 159 g/mol. The van der Waals surface area contributed by atoms with Crippen LogP contribution < -0.4 is 5.73 Å². The maximum Gasteiger partial charge on any atom is 0.0175 e. The van der Waals surface area contributed by atoms with Crippen LogP contribution >= 0.6 is 0 Å². The molecule has 0 radical (unpaired) electrons. The molecule has 0 aromatic heterocycles. The molecule has 2 aliphatic rings. The predicted octanol–water partition coefficient (Wildman–Crippen LogP) is 1.94. The number of fused-ring (bicyclic) bond motifs is 1. The third-order valence-electron chi connectivity index (χ3n) is 2.38. The van der Waals surface area contributed by atoms with Crippen LogP contribution in [0, 0.1) is 5.92 Å². The summed E-state index contributed by atoms with van der Waals surface area (Å²) in [5.41, 5.74) is 8.24. The van der Waals surface area contributed by atoms with Crippen LogP contribution in [-0.4, -0.2) is 6.54 Å². The highest BCUT2D eigenvalue weighted by Gasteiger charge is 2.13. The fourth-order valence-electron chi connectivity index (χ4n) is 1.66. The first kappa shape index (κ1) is 7.56. The van der Waals surface area contributed by atoms with E-state index in [4.69, 9.17) is 5.73 Å². The van der Waals surface area contributed by atoms with Crippen LogP contribution in [0.4, 0.5) is 0 Å². The summed E-state index contributed by atoms with van der Waals surface area (Å²) in [6.07, 6.45) is 14.2. The lowest BCUT2D eigenvalue weighted by Crippen LogP contribution is -2.10. The Bertz CT molecular complexity index is 292. The molecule has 2 rings (SSSR count). The summed E-state index contributed by atoms with van der Waals surface area (Å²) in [5, 5.41) is 0. The van der Waals surface area contributed by atoms with Crippen molar-refractivity contribution in [3.05, 3.63) is 47.6 Å². The summed E-state index contributed by atoms with van der Waals surface area (Å²) in [5.74, 6) is 0.582. The lowest BCUT2D eigenvalue weighted by atomic mass is 9.86. The van der Waals surface area contributed by atoms with Crippen molar-refractivity contribution in [2.45, 2.75) is 6.42 Å². The summed E-state index contributed by atoms with van der Waals surface area (Å²) in [6, 6.07) is 0. The molecule has 12 heavy (non-hydrogen) atoms. The highest BCUT2D eigenvalue weighted by Crippen LogP contribution is 2.27. The van der Waals surface area contributed by atoms with Crippen LogP contribution in [0.1, 0.15) is 6.42 Å². The van der Waals surface area contributed by atoms with Crippen LogP contribution in [0.5, 0.6) is 0 Å². The Labute approximate surface area is 73.0 Å². The largest absolute Gasteiger partial charge is 0.327 e. The second-order valence-electron chi connectivity index (χ2n) is 3.22. The Morgan fingerprint density at radius 1 is 1.42 bits per heavy atom. The first-order valence-electron chi connectivity index (χ1n) is 4.36. The molecule has 0 saturated heterocycles. The van der Waals surface area contributed by atoms with Crippen molar-refractivity contribution in [1.29, 1.82) is 0 Å². The van der Waals surface area contributed by atoms with Crippen LogP contribution in [0.15, 0.2) is 47.6 Å². The average Bonchev–Trinajstić information content (AvgIpc) is 2.17. The van der Waals surface area contributed by atoms with Gasteiger partial charge >= 0.3 is 0 Å². The SMILES string of the molecule is NCC1=CC2CC=CC=C2C=C1. The maximum absolute atomic E-state index is 5.57. The fraction of sp³-hybridized carbons (Fsp3) is 0.273. The van der Waals surface area contributed by atoms with Crippen molar-refractivity contribution >= 4 is 0 Å². The summed E-state index contributed by atoms with van der Waals surface area (Å²) in [6.45, 7) is 0.657. The van der Waals surface area contributed by atoms with Gasteiger partial charge in [-0.1, -0.05) is 36.5 Å². The van der Waals surface area contributed by atoms with Gasteiger partial charge in [0, 0.05) is 12.5 Å². The van der Waals surface area contributed by atoms with Gasteiger partial charge < -0.3 is 5.73 Å². The van der Waals surface area contributed by atoms with Gasteiger partial charge in [0.05, 0.1) is 0 Å². The minimum atomic E-state index is 0.582. The lowest BCUT2D eigenvalue weighted by molar-refractivity contribution is 0.769. The molecule has 1 unspecified atom stereocenters. The van der Waals surface area contributed by atoms with E-state index in [1.807, 2.05) is 0 Å². The van der Waals surface area contributed by atoms with E-state index in [2.05, 4.69) is 36.5 Å². The molecule has 0 spiro atoms. The average molecular weight is 159 g/mol. The minimum absolute atomic E-state index is 0.582. The van der Waals surface area contributed by atoms with Gasteiger partial charge in [-0.2, -0.15) is 0 Å². The Balaban J connectivity index is 2.26. The number of allylic oxidation sites excluding steroid dienone is 6. The number of nitrogens with two attached hydrogens (primary N) is 1. The zero-order chi connectivity index (χ0) is 8.39. The van der Waals surface area contributed by atoms with Crippen molar-refractivity contribution in [2.24, 2.45) is 11.7 Å². The van der Waals surface area contributed by atoms with E-state index in [1.54, 1.807) is 0 Å². The third-order valence-corrected chi connectivity index (χ3v) is 2.38. The molecule has 1 atom stereocenters. The van der Waals surface area contributed by atoms with E-state index in [1.165, 1.54) is 11.1 Å². The summed E-state index contributed by atoms with van der Waals surface area (Å²) < 4.78 is 0. The van der Waals surface area contributed by atoms with E-state index >= 15 is 0 Å². The van der Waals surface area contributed by atoms with Gasteiger partial charge in [-0.3, -0.25) is 0 Å². The molecule has 1 heteroatoms. The van der Waals surface area contributed by atoms with Crippen LogP contribution in [0.2, 0.25) is 0 Å². The molecule has 2 N–H and O–H groups in total. The van der Waals surface area contributed by atoms with Crippen LogP contribution in [-0.2, 0) is 0 Å². The van der Waals surface area contributed by atoms with Crippen molar-refractivity contribution in [1.82, 2.24) is 0 Å². The molecule has 2 aliphatic carbocycles. The molecule has 0 amide bonds. The zero-order valence-electron chi connectivity index (χ0n) is 7.03. The standard InChI is InChI=1S/C11H13N/c12-8-9-5-6-10-3-1-2-4-11(10)7-9/h1-3,5-7,11H,4,8,12H2. The zero-order valence-corrected chi connectivity index (χ0v) is 7.03. The molecular weight excluding hydrogens is 146 g/mol. The van der Waals surface area contributed by atoms with E-state index in [0.29, 0.717) is 12.5 Å². The number of rotatable bonds is 1. The van der Waals surface area contributed by atoms with Crippen molar-refractivity contribution < 1.29 is 0 Å². The van der Waals surface area contributed by atoms with Crippen LogP contribution in [0.3, 0.4) is 0 Å². The Morgan fingerprint density at radius 2 is 2.33 bits per heavy atom. The van der Waals surface area contributed by atoms with Gasteiger partial charge in [0.15, 0.2) is 0 Å². The number of hydrogen-bond donors (Lipinski definition) is 1. The second kappa shape index (κ2) is 3.11. The molecule has 0 bridgehead atoms. The van der Waals surface area contributed by atoms with Crippen molar-refractivity contribution in [2.75, 3.05) is 6.54 Å². The molecule has 1 nitrogen and oxygen atoms in total. The first-order chi connectivity index (χ1) is 5.90. The third kappa shape index (κ3) is 1.28. The van der Waals surface area contributed by atoms with E-state index in [0.717, 1.165) is 6.42 Å². The Morgan fingerprint density at radius 3 is 3.17 bits per heavy atom. The first-order valence-corrected chi connectivity index (χ1v) is 4.36. The molecule has 62 valence electrons. The molecule has 0 aliphatic heterocycles. The molecule has 0 aromatic carbocycles. The molecule has 0 aromatic rings. The smallest absolute Gasteiger partial charge is 0.0175 e. The van der Waals surface area contributed by atoms with E-state index in [-0.39, 0.29) is 0 Å². The van der Waals surface area contributed by atoms with E-state index in [9.17, 15) is 0 Å². The summed E-state index contributed by atoms with van der Waals surface area (Å²) in [4.78, 5) is 0. The van der Waals surface area contributed by atoms with Gasteiger partial charge in [0.25, 0.3) is 0 Å². The van der Waals surface area contributed by atoms with Gasteiger partial charge in [0.2, 0.25) is 0 Å². The number of hydrogen-bond acceptors (Lipinski definition) is 1. The predicted molar refractivity (Wildman–Crippen MR) is 51.6 cm³/mol. The summed E-state index contributed by atoms with van der Waals surface area (Å²) in [7, 11) is 0. The molecule has 0 saturated carbocycles. The van der Waals surface area contributed by atoms with Crippen molar-refractivity contribution in [3.63, 3.8) is 0 Å². The second-order valence-corrected chi connectivity index (χ2v) is 3.22. The molecule has 0 heterocycles. The van der Waals surface area contributed by atoms with Crippen molar-refractivity contribution in [3.8, 4) is 0 Å². The van der Waals surface area contributed by atoms with Gasteiger partial charge in [-0.15, -0.1) is 0 Å². The van der Waals surface area contributed by atoms with E-state index < -0.39 is 0 Å². The lowest BCUT2D eigenvalue weighted by Gasteiger charge is -2.20. The molecule has 0 fully saturated rings. The van der Waals surface area contributed by atoms with Gasteiger partial charge in [0.1, 0.15) is 0 Å². The highest BCUT2D eigenvalue weighted by molar-refractivity contribution is 5.42. The quantitative estimate of drug-likeness (QED) is 0.621. The van der Waals surface area contributed by atoms with Crippen LogP contribution in [0.25, 0.3) is 0 Å². The van der Waals surface area contributed by atoms with Gasteiger partial charge in [-0.05, 0) is 17.6 Å². The highest BCUT2D eigenvalue weighted by atomic mass is 14.5. The Hall–Kier alpha value is -1.08. The topological polar surface area (TPSA) is 26.0 Å².